The molecule has 0 radical (unpaired) electrons. The van der Waals surface area contributed by atoms with Crippen molar-refractivity contribution in [3.8, 4) is 0 Å². The Morgan fingerprint density at radius 1 is 1.09 bits per heavy atom. The predicted molar refractivity (Wildman–Crippen MR) is 94.8 cm³/mol. The van der Waals surface area contributed by atoms with E-state index in [2.05, 4.69) is 28.5 Å². The monoisotopic (exact) mass is 327 g/mol. The van der Waals surface area contributed by atoms with Crippen LogP contribution in [-0.4, -0.2) is 98.0 Å². The van der Waals surface area contributed by atoms with Gasteiger partial charge in [0.2, 0.25) is 0 Å². The third kappa shape index (κ3) is 6.31. The van der Waals surface area contributed by atoms with Crippen molar-refractivity contribution in [3.05, 3.63) is 0 Å². The third-order valence-electron chi connectivity index (χ3n) is 5.56. The number of aliphatic hydroxyl groups is 1. The first-order chi connectivity index (χ1) is 11.1. The molecule has 0 aliphatic carbocycles. The molecule has 2 atom stereocenters. The van der Waals surface area contributed by atoms with Gasteiger partial charge in [0.25, 0.3) is 0 Å². The fourth-order valence-electron chi connectivity index (χ4n) is 3.91. The Kier molecular flexibility index (Phi) is 8.27. The Balaban J connectivity index is 1.70. The summed E-state index contributed by atoms with van der Waals surface area (Å²) in [4.78, 5) is 7.43. The molecule has 0 spiro atoms. The first-order valence-corrected chi connectivity index (χ1v) is 9.48. The molecule has 2 aliphatic rings. The Labute approximate surface area is 142 Å². The smallest absolute Gasteiger partial charge is 0.0793 e. The molecule has 0 aromatic heterocycles. The van der Waals surface area contributed by atoms with Gasteiger partial charge in [-0.05, 0) is 38.3 Å². The van der Waals surface area contributed by atoms with Crippen molar-refractivity contribution < 1.29 is 9.84 Å². The molecule has 2 rings (SSSR count). The van der Waals surface area contributed by atoms with Gasteiger partial charge in [-0.1, -0.05) is 13.8 Å². The van der Waals surface area contributed by atoms with Crippen molar-refractivity contribution in [1.82, 2.24) is 14.7 Å². The molecule has 23 heavy (non-hydrogen) atoms. The number of hydrogen-bond donors (Lipinski definition) is 1. The van der Waals surface area contributed by atoms with Gasteiger partial charge in [-0.15, -0.1) is 0 Å². The maximum absolute atomic E-state index is 10.5. The number of methoxy groups -OCH3 is 1. The summed E-state index contributed by atoms with van der Waals surface area (Å²) in [6, 6.07) is 0.599. The highest BCUT2D eigenvalue weighted by Crippen LogP contribution is 2.17. The van der Waals surface area contributed by atoms with Crippen LogP contribution in [0, 0.1) is 5.92 Å². The van der Waals surface area contributed by atoms with E-state index < -0.39 is 0 Å². The van der Waals surface area contributed by atoms with Crippen LogP contribution in [-0.2, 0) is 4.74 Å². The quantitative estimate of drug-likeness (QED) is 0.723. The van der Waals surface area contributed by atoms with Crippen molar-refractivity contribution in [3.63, 3.8) is 0 Å². The van der Waals surface area contributed by atoms with Crippen LogP contribution in [0.15, 0.2) is 0 Å². The fraction of sp³-hybridized carbons (Fsp3) is 1.00. The molecule has 2 saturated heterocycles. The summed E-state index contributed by atoms with van der Waals surface area (Å²) in [7, 11) is 1.77. The van der Waals surface area contributed by atoms with E-state index in [0.29, 0.717) is 6.04 Å². The molecule has 0 unspecified atom stereocenters. The Morgan fingerprint density at radius 2 is 1.78 bits per heavy atom. The van der Waals surface area contributed by atoms with Crippen molar-refractivity contribution in [2.24, 2.45) is 5.92 Å². The summed E-state index contributed by atoms with van der Waals surface area (Å²) < 4.78 is 5.22. The summed E-state index contributed by atoms with van der Waals surface area (Å²) in [5.74, 6) is 0.855. The van der Waals surface area contributed by atoms with E-state index in [-0.39, 0.29) is 6.10 Å². The minimum absolute atomic E-state index is 0.216. The maximum Gasteiger partial charge on any atom is 0.0793 e. The molecule has 5 heteroatoms. The Morgan fingerprint density at radius 3 is 2.43 bits per heavy atom. The largest absolute Gasteiger partial charge is 0.390 e. The number of ether oxygens (including phenoxy) is 1. The van der Waals surface area contributed by atoms with Crippen molar-refractivity contribution in [2.75, 3.05) is 66.1 Å². The van der Waals surface area contributed by atoms with E-state index in [1.165, 1.54) is 19.3 Å². The van der Waals surface area contributed by atoms with Gasteiger partial charge in [0.15, 0.2) is 0 Å². The van der Waals surface area contributed by atoms with Crippen LogP contribution in [0.25, 0.3) is 0 Å². The molecule has 0 bridgehead atoms. The SMILES string of the molecule is CC[C@H]1CN(C[C@H](O)CN2CCC(C)CC2)CCN1CCOC. The van der Waals surface area contributed by atoms with Gasteiger partial charge in [-0.2, -0.15) is 0 Å². The Bertz CT molecular complexity index is 321. The van der Waals surface area contributed by atoms with Crippen LogP contribution in [0.5, 0.6) is 0 Å². The molecule has 2 heterocycles. The van der Waals surface area contributed by atoms with E-state index >= 15 is 0 Å². The number of nitrogens with zero attached hydrogens (tertiary/aromatic N) is 3. The summed E-state index contributed by atoms with van der Waals surface area (Å²) in [6.45, 7) is 13.6. The second-order valence-corrected chi connectivity index (χ2v) is 7.49. The molecule has 2 aliphatic heterocycles. The van der Waals surface area contributed by atoms with Crippen LogP contribution >= 0.6 is 0 Å². The van der Waals surface area contributed by atoms with Gasteiger partial charge in [0.1, 0.15) is 0 Å². The van der Waals surface area contributed by atoms with Crippen LogP contribution < -0.4 is 0 Å². The summed E-state index contributed by atoms with van der Waals surface area (Å²) >= 11 is 0. The molecule has 2 fully saturated rings. The molecule has 1 N–H and O–H groups in total. The topological polar surface area (TPSA) is 39.2 Å². The van der Waals surface area contributed by atoms with E-state index in [9.17, 15) is 5.11 Å². The minimum atomic E-state index is -0.216. The van der Waals surface area contributed by atoms with Crippen molar-refractivity contribution in [1.29, 1.82) is 0 Å². The molecular formula is C18H37N3O2. The van der Waals surface area contributed by atoms with Gasteiger partial charge in [0, 0.05) is 52.4 Å². The minimum Gasteiger partial charge on any atom is -0.390 e. The number of aliphatic hydroxyl groups excluding tert-OH is 1. The lowest BCUT2D eigenvalue weighted by Gasteiger charge is -2.42. The van der Waals surface area contributed by atoms with Gasteiger partial charge in [-0.3, -0.25) is 9.80 Å². The summed E-state index contributed by atoms with van der Waals surface area (Å²) in [6.07, 6.45) is 3.51. The van der Waals surface area contributed by atoms with Crippen molar-refractivity contribution in [2.45, 2.75) is 45.3 Å². The molecule has 5 nitrogen and oxygen atoms in total. The molecule has 0 amide bonds. The highest BCUT2D eigenvalue weighted by molar-refractivity contribution is 4.83. The standard InChI is InChI=1S/C18H37N3O2/c1-4-17-13-20(9-10-21(17)11-12-23-3)15-18(22)14-19-7-5-16(2)6-8-19/h16-18,22H,4-15H2,1-3H3/t17-,18+/m0/s1. The first kappa shape index (κ1) is 19.1. The van der Waals surface area contributed by atoms with E-state index in [1.54, 1.807) is 7.11 Å². The van der Waals surface area contributed by atoms with Gasteiger partial charge >= 0.3 is 0 Å². The van der Waals surface area contributed by atoms with Crippen LogP contribution in [0.1, 0.15) is 33.1 Å². The predicted octanol–water partition coefficient (Wildman–Crippen LogP) is 1.12. The Hall–Kier alpha value is -0.200. The lowest BCUT2D eigenvalue weighted by atomic mass is 9.99. The number of piperazine rings is 1. The molecule has 136 valence electrons. The van der Waals surface area contributed by atoms with Crippen LogP contribution in [0.4, 0.5) is 0 Å². The van der Waals surface area contributed by atoms with Crippen LogP contribution in [0.2, 0.25) is 0 Å². The zero-order chi connectivity index (χ0) is 16.7. The van der Waals surface area contributed by atoms with E-state index in [1.807, 2.05) is 0 Å². The lowest BCUT2D eigenvalue weighted by molar-refractivity contribution is 0.0142. The molecule has 0 aromatic rings. The zero-order valence-electron chi connectivity index (χ0n) is 15.4. The number of likely N-dealkylation sites (tertiary alicyclic amines) is 1. The highest BCUT2D eigenvalue weighted by atomic mass is 16.5. The average Bonchev–Trinajstić information content (AvgIpc) is 2.55. The van der Waals surface area contributed by atoms with E-state index in [0.717, 1.165) is 64.9 Å². The van der Waals surface area contributed by atoms with Gasteiger partial charge < -0.3 is 14.7 Å². The van der Waals surface area contributed by atoms with Crippen LogP contribution in [0.3, 0.4) is 0 Å². The average molecular weight is 328 g/mol. The number of rotatable bonds is 8. The number of hydrogen-bond acceptors (Lipinski definition) is 5. The van der Waals surface area contributed by atoms with Gasteiger partial charge in [0.05, 0.1) is 12.7 Å². The lowest BCUT2D eigenvalue weighted by Crippen LogP contribution is -2.55. The second kappa shape index (κ2) is 9.94. The number of β-amino-alcohol motifs (C(OH)–C–C–N with tert-alkyl or cyclic N) is 1. The second-order valence-electron chi connectivity index (χ2n) is 7.49. The normalized spacial score (nSPS) is 27.4. The molecule has 0 saturated carbocycles. The van der Waals surface area contributed by atoms with E-state index in [4.69, 9.17) is 4.74 Å². The highest BCUT2D eigenvalue weighted by Gasteiger charge is 2.27. The van der Waals surface area contributed by atoms with Crippen molar-refractivity contribution >= 4 is 0 Å². The fourth-order valence-corrected chi connectivity index (χ4v) is 3.91. The summed E-state index contributed by atoms with van der Waals surface area (Å²) in [5.41, 5.74) is 0. The molecular weight excluding hydrogens is 290 g/mol. The maximum atomic E-state index is 10.5. The zero-order valence-corrected chi connectivity index (χ0v) is 15.4. The van der Waals surface area contributed by atoms with Gasteiger partial charge in [-0.25, -0.2) is 0 Å². The summed E-state index contributed by atoms with van der Waals surface area (Å²) in [5, 5.41) is 10.5. The molecule has 0 aromatic carbocycles. The first-order valence-electron chi connectivity index (χ1n) is 9.48. The third-order valence-corrected chi connectivity index (χ3v) is 5.56. The number of piperidine rings is 1.